The summed E-state index contributed by atoms with van der Waals surface area (Å²) < 4.78 is 0. The van der Waals surface area contributed by atoms with Crippen molar-refractivity contribution < 1.29 is 0 Å². The lowest BCUT2D eigenvalue weighted by atomic mass is 10.2. The first-order chi connectivity index (χ1) is 7.72. The Hall–Kier alpha value is -1.38. The molecule has 0 fully saturated rings. The second kappa shape index (κ2) is 3.58. The van der Waals surface area contributed by atoms with Crippen LogP contribution in [-0.4, -0.2) is 9.97 Å². The highest BCUT2D eigenvalue weighted by Crippen LogP contribution is 2.21. The number of nitrogens with zero attached hydrogens (tertiary/aromatic N) is 2. The fourth-order valence-electron chi connectivity index (χ4n) is 1.62. The van der Waals surface area contributed by atoms with E-state index >= 15 is 0 Å². The van der Waals surface area contributed by atoms with E-state index in [9.17, 15) is 0 Å². The number of rotatable bonds is 0. The van der Waals surface area contributed by atoms with E-state index in [1.807, 2.05) is 12.1 Å². The molecule has 0 saturated heterocycles. The maximum atomic E-state index is 5.91. The Labute approximate surface area is 102 Å². The average Bonchev–Trinajstić information content (AvgIpc) is 2.26. The first-order valence-corrected chi connectivity index (χ1v) is 5.50. The largest absolute Gasteiger partial charge is 0.244 e. The minimum atomic E-state index is 0.662. The van der Waals surface area contributed by atoms with Crippen molar-refractivity contribution in [3.8, 4) is 0 Å². The van der Waals surface area contributed by atoms with Crippen LogP contribution in [0, 0.1) is 0 Å². The van der Waals surface area contributed by atoms with Crippen LogP contribution in [0.3, 0.4) is 0 Å². The summed E-state index contributed by atoms with van der Waals surface area (Å²) in [6, 6.07) is 10.9. The molecule has 2 aromatic carbocycles. The molecule has 0 aliphatic heterocycles. The molecule has 3 rings (SSSR count). The first kappa shape index (κ1) is 9.82. The van der Waals surface area contributed by atoms with Crippen molar-refractivity contribution in [1.82, 2.24) is 9.97 Å². The van der Waals surface area contributed by atoms with Gasteiger partial charge in [-0.1, -0.05) is 23.2 Å². The fourth-order valence-corrected chi connectivity index (χ4v) is 1.95. The molecular formula is C12H6Cl2N2. The molecule has 0 N–H and O–H groups in total. The Balaban J connectivity index is 2.44. The van der Waals surface area contributed by atoms with Gasteiger partial charge in [-0.3, -0.25) is 0 Å². The number of benzene rings is 2. The molecule has 0 atom stereocenters. The minimum absolute atomic E-state index is 0.662. The summed E-state index contributed by atoms with van der Waals surface area (Å²) in [4.78, 5) is 8.95. The molecule has 1 aromatic heterocycles. The molecule has 0 aliphatic rings. The van der Waals surface area contributed by atoms with E-state index in [0.717, 1.165) is 22.1 Å². The van der Waals surface area contributed by atoms with E-state index in [2.05, 4.69) is 9.97 Å². The smallest absolute Gasteiger partial charge is 0.0909 e. The van der Waals surface area contributed by atoms with Crippen molar-refractivity contribution in [2.45, 2.75) is 0 Å². The number of hydrogen-bond acceptors (Lipinski definition) is 2. The van der Waals surface area contributed by atoms with E-state index in [1.165, 1.54) is 0 Å². The van der Waals surface area contributed by atoms with Crippen LogP contribution in [0.4, 0.5) is 0 Å². The van der Waals surface area contributed by atoms with Gasteiger partial charge in [0.2, 0.25) is 0 Å². The molecule has 0 spiro atoms. The van der Waals surface area contributed by atoms with Crippen molar-refractivity contribution >= 4 is 45.3 Å². The molecule has 78 valence electrons. The molecule has 16 heavy (non-hydrogen) atoms. The molecule has 0 aliphatic carbocycles. The van der Waals surface area contributed by atoms with Crippen molar-refractivity contribution in [3.05, 3.63) is 46.4 Å². The van der Waals surface area contributed by atoms with Crippen molar-refractivity contribution in [1.29, 1.82) is 0 Å². The highest BCUT2D eigenvalue weighted by molar-refractivity contribution is 6.31. The van der Waals surface area contributed by atoms with Crippen molar-refractivity contribution in [3.63, 3.8) is 0 Å². The van der Waals surface area contributed by atoms with Crippen LogP contribution in [0.2, 0.25) is 10.0 Å². The third kappa shape index (κ3) is 1.60. The predicted octanol–water partition coefficient (Wildman–Crippen LogP) is 4.09. The molecule has 0 saturated carbocycles. The molecule has 1 heterocycles. The van der Waals surface area contributed by atoms with Gasteiger partial charge in [-0.05, 0) is 36.4 Å². The van der Waals surface area contributed by atoms with Gasteiger partial charge in [0, 0.05) is 10.0 Å². The molecule has 3 aromatic rings. The van der Waals surface area contributed by atoms with Crippen LogP contribution >= 0.6 is 23.2 Å². The third-order valence-electron chi connectivity index (χ3n) is 2.36. The van der Waals surface area contributed by atoms with Crippen LogP contribution in [0.25, 0.3) is 22.1 Å². The maximum absolute atomic E-state index is 5.91. The van der Waals surface area contributed by atoms with Gasteiger partial charge in [-0.15, -0.1) is 0 Å². The van der Waals surface area contributed by atoms with Crippen LogP contribution < -0.4 is 0 Å². The maximum Gasteiger partial charge on any atom is 0.0909 e. The molecule has 0 radical (unpaired) electrons. The normalized spacial score (nSPS) is 11.1. The highest BCUT2D eigenvalue weighted by atomic mass is 35.5. The van der Waals surface area contributed by atoms with Gasteiger partial charge >= 0.3 is 0 Å². The summed E-state index contributed by atoms with van der Waals surface area (Å²) in [6.07, 6.45) is 0. The molecule has 0 bridgehead atoms. The van der Waals surface area contributed by atoms with Gasteiger partial charge in [-0.25, -0.2) is 9.97 Å². The van der Waals surface area contributed by atoms with E-state index in [4.69, 9.17) is 23.2 Å². The Morgan fingerprint density at radius 3 is 1.50 bits per heavy atom. The Morgan fingerprint density at radius 1 is 0.625 bits per heavy atom. The quantitative estimate of drug-likeness (QED) is 0.561. The van der Waals surface area contributed by atoms with Crippen LogP contribution in [0.5, 0.6) is 0 Å². The number of halogens is 2. The summed E-state index contributed by atoms with van der Waals surface area (Å²) in [5.74, 6) is 0. The number of fused-ring (bicyclic) bond motifs is 2. The third-order valence-corrected chi connectivity index (χ3v) is 2.83. The lowest BCUT2D eigenvalue weighted by molar-refractivity contribution is 1.39. The monoisotopic (exact) mass is 248 g/mol. The standard InChI is InChI=1S/C12H6Cl2N2/c13-7-1-3-9-11(5-7)16-10-4-2-8(14)6-12(10)15-9/h1-6H. The molecule has 2 nitrogen and oxygen atoms in total. The molecule has 4 heteroatoms. The topological polar surface area (TPSA) is 25.8 Å². The molecular weight excluding hydrogens is 243 g/mol. The van der Waals surface area contributed by atoms with E-state index in [1.54, 1.807) is 24.3 Å². The van der Waals surface area contributed by atoms with E-state index in [-0.39, 0.29) is 0 Å². The Morgan fingerprint density at radius 2 is 1.06 bits per heavy atom. The van der Waals surface area contributed by atoms with Crippen LogP contribution in [0.1, 0.15) is 0 Å². The predicted molar refractivity (Wildman–Crippen MR) is 67.1 cm³/mol. The van der Waals surface area contributed by atoms with Crippen LogP contribution in [-0.2, 0) is 0 Å². The summed E-state index contributed by atoms with van der Waals surface area (Å²) >= 11 is 11.8. The summed E-state index contributed by atoms with van der Waals surface area (Å²) in [6.45, 7) is 0. The lowest BCUT2D eigenvalue weighted by Gasteiger charge is -2.01. The van der Waals surface area contributed by atoms with Crippen molar-refractivity contribution in [2.24, 2.45) is 0 Å². The summed E-state index contributed by atoms with van der Waals surface area (Å²) in [7, 11) is 0. The SMILES string of the molecule is Clc1ccc2nc3cc(Cl)ccc3nc2c1. The zero-order chi connectivity index (χ0) is 11.1. The fraction of sp³-hybridized carbons (Fsp3) is 0. The van der Waals surface area contributed by atoms with Crippen LogP contribution in [0.15, 0.2) is 36.4 Å². The average molecular weight is 249 g/mol. The highest BCUT2D eigenvalue weighted by Gasteiger charge is 2.02. The molecule has 0 amide bonds. The Kier molecular flexibility index (Phi) is 2.20. The van der Waals surface area contributed by atoms with Crippen molar-refractivity contribution in [2.75, 3.05) is 0 Å². The zero-order valence-corrected chi connectivity index (χ0v) is 9.63. The van der Waals surface area contributed by atoms with Gasteiger partial charge in [0.15, 0.2) is 0 Å². The van der Waals surface area contributed by atoms with E-state index < -0.39 is 0 Å². The van der Waals surface area contributed by atoms with Gasteiger partial charge in [-0.2, -0.15) is 0 Å². The lowest BCUT2D eigenvalue weighted by Crippen LogP contribution is -1.86. The zero-order valence-electron chi connectivity index (χ0n) is 8.11. The van der Waals surface area contributed by atoms with Gasteiger partial charge in [0.1, 0.15) is 0 Å². The van der Waals surface area contributed by atoms with Gasteiger partial charge in [0.25, 0.3) is 0 Å². The van der Waals surface area contributed by atoms with Gasteiger partial charge < -0.3 is 0 Å². The second-order valence-electron chi connectivity index (χ2n) is 3.49. The molecule has 0 unspecified atom stereocenters. The number of aromatic nitrogens is 2. The first-order valence-electron chi connectivity index (χ1n) is 4.75. The van der Waals surface area contributed by atoms with Gasteiger partial charge in [0.05, 0.1) is 22.1 Å². The summed E-state index contributed by atoms with van der Waals surface area (Å²) in [5, 5.41) is 1.32. The second-order valence-corrected chi connectivity index (χ2v) is 4.36. The minimum Gasteiger partial charge on any atom is -0.244 e. The Bertz CT molecular complexity index is 633. The number of hydrogen-bond donors (Lipinski definition) is 0. The summed E-state index contributed by atoms with van der Waals surface area (Å²) in [5.41, 5.74) is 3.22. The van der Waals surface area contributed by atoms with E-state index in [0.29, 0.717) is 10.0 Å².